The Labute approximate surface area is 155 Å². The first-order valence-corrected chi connectivity index (χ1v) is 11.3. The van der Waals surface area contributed by atoms with Gasteiger partial charge < -0.3 is 0 Å². The number of fused-ring (bicyclic) bond motifs is 1. The number of hydrogen-bond donors (Lipinski definition) is 1. The lowest BCUT2D eigenvalue weighted by molar-refractivity contribution is 0.521. The number of nitrogens with one attached hydrogen (secondary N) is 1. The number of nitrogens with zero attached hydrogens (tertiary/aromatic N) is 1. The normalized spacial score (nSPS) is 14.9. The third kappa shape index (κ3) is 3.77. The fourth-order valence-electron chi connectivity index (χ4n) is 3.02. The van der Waals surface area contributed by atoms with E-state index in [0.717, 1.165) is 35.6 Å². The van der Waals surface area contributed by atoms with Crippen LogP contribution in [0.1, 0.15) is 24.0 Å². The van der Waals surface area contributed by atoms with Crippen LogP contribution in [-0.2, 0) is 32.9 Å². The molecule has 1 aliphatic carbocycles. The molecule has 3 rings (SSSR count). The average Bonchev–Trinajstić information content (AvgIpc) is 2.61. The summed E-state index contributed by atoms with van der Waals surface area (Å²) in [5.41, 5.74) is 2.49. The predicted octanol–water partition coefficient (Wildman–Crippen LogP) is 2.62. The van der Waals surface area contributed by atoms with Gasteiger partial charge in [-0.05, 0) is 67.1 Å². The summed E-state index contributed by atoms with van der Waals surface area (Å²) in [6.45, 7) is 0. The largest absolute Gasteiger partial charge is 0.280 e. The van der Waals surface area contributed by atoms with Crippen molar-refractivity contribution < 1.29 is 16.8 Å². The van der Waals surface area contributed by atoms with Gasteiger partial charge in [-0.25, -0.2) is 21.1 Å². The number of anilines is 1. The summed E-state index contributed by atoms with van der Waals surface area (Å²) in [4.78, 5) is 0.229. The zero-order valence-electron chi connectivity index (χ0n) is 14.8. The first-order valence-electron chi connectivity index (χ1n) is 8.37. The van der Waals surface area contributed by atoms with Crippen molar-refractivity contribution in [2.45, 2.75) is 35.5 Å². The Kier molecular flexibility index (Phi) is 5.09. The third-order valence-electron chi connectivity index (χ3n) is 4.50. The summed E-state index contributed by atoms with van der Waals surface area (Å²) in [6.07, 6.45) is 4.06. The number of benzene rings is 2. The molecule has 1 aliphatic rings. The molecule has 2 aromatic rings. The summed E-state index contributed by atoms with van der Waals surface area (Å²) < 4.78 is 53.4. The topological polar surface area (TPSA) is 83.6 Å². The van der Waals surface area contributed by atoms with Crippen LogP contribution in [-0.4, -0.2) is 35.2 Å². The lowest BCUT2D eigenvalue weighted by atomic mass is 9.92. The molecule has 0 saturated carbocycles. The third-order valence-corrected chi connectivity index (χ3v) is 7.69. The summed E-state index contributed by atoms with van der Waals surface area (Å²) in [6, 6.07) is 11.0. The molecule has 0 spiro atoms. The Morgan fingerprint density at radius 3 is 2.23 bits per heavy atom. The minimum absolute atomic E-state index is 0.0353. The molecule has 0 heterocycles. The molecule has 8 heteroatoms. The maximum Gasteiger partial charge on any atom is 0.261 e. The van der Waals surface area contributed by atoms with E-state index < -0.39 is 20.0 Å². The Hall–Kier alpha value is -1.90. The molecular weight excluding hydrogens is 372 g/mol. The van der Waals surface area contributed by atoms with E-state index >= 15 is 0 Å². The summed E-state index contributed by atoms with van der Waals surface area (Å²) in [5, 5.41) is 0. The second-order valence-corrected chi connectivity index (χ2v) is 10.4. The van der Waals surface area contributed by atoms with Gasteiger partial charge in [-0.3, -0.25) is 4.72 Å². The van der Waals surface area contributed by atoms with Crippen LogP contribution in [0.15, 0.2) is 52.3 Å². The Morgan fingerprint density at radius 1 is 0.846 bits per heavy atom. The molecule has 0 bridgehead atoms. The van der Waals surface area contributed by atoms with E-state index in [9.17, 15) is 16.8 Å². The van der Waals surface area contributed by atoms with Gasteiger partial charge in [0.15, 0.2) is 0 Å². The standard InChI is InChI=1S/C18H22N2O4S2/c1-20(2)26(23,24)18-9-5-8-16(13-18)19-25(21,22)17-11-10-14-6-3-4-7-15(14)12-17/h5,8-13,19H,3-4,6-7H2,1-2H3. The minimum atomic E-state index is -3.79. The van der Waals surface area contributed by atoms with Crippen molar-refractivity contribution >= 4 is 25.7 Å². The molecule has 1 N–H and O–H groups in total. The van der Waals surface area contributed by atoms with E-state index in [2.05, 4.69) is 4.72 Å². The van der Waals surface area contributed by atoms with Crippen molar-refractivity contribution in [2.24, 2.45) is 0 Å². The maximum atomic E-state index is 12.7. The summed E-state index contributed by atoms with van der Waals surface area (Å²) in [5.74, 6) is 0. The Balaban J connectivity index is 1.91. The van der Waals surface area contributed by atoms with Crippen LogP contribution in [0.25, 0.3) is 0 Å². The minimum Gasteiger partial charge on any atom is -0.280 e. The van der Waals surface area contributed by atoms with Crippen molar-refractivity contribution in [2.75, 3.05) is 18.8 Å². The van der Waals surface area contributed by atoms with Gasteiger partial charge in [-0.15, -0.1) is 0 Å². The van der Waals surface area contributed by atoms with Gasteiger partial charge in [0.2, 0.25) is 10.0 Å². The molecule has 0 aliphatic heterocycles. The van der Waals surface area contributed by atoms with Crippen LogP contribution in [0.5, 0.6) is 0 Å². The number of aryl methyl sites for hydroxylation is 2. The van der Waals surface area contributed by atoms with Crippen LogP contribution >= 0.6 is 0 Å². The second kappa shape index (κ2) is 7.02. The van der Waals surface area contributed by atoms with Crippen molar-refractivity contribution in [1.29, 1.82) is 0 Å². The van der Waals surface area contributed by atoms with Gasteiger partial charge in [0.25, 0.3) is 10.0 Å². The van der Waals surface area contributed by atoms with E-state index in [1.165, 1.54) is 43.9 Å². The quantitative estimate of drug-likeness (QED) is 0.845. The van der Waals surface area contributed by atoms with Gasteiger partial charge >= 0.3 is 0 Å². The SMILES string of the molecule is CN(C)S(=O)(=O)c1cccc(NS(=O)(=O)c2ccc3c(c2)CCCC3)c1. The van der Waals surface area contributed by atoms with Crippen molar-refractivity contribution in [3.8, 4) is 0 Å². The Bertz CT molecular complexity index is 1030. The average molecular weight is 395 g/mol. The van der Waals surface area contributed by atoms with Crippen molar-refractivity contribution in [1.82, 2.24) is 4.31 Å². The molecule has 0 saturated heterocycles. The van der Waals surface area contributed by atoms with Crippen LogP contribution in [0.4, 0.5) is 5.69 Å². The fraction of sp³-hybridized carbons (Fsp3) is 0.333. The predicted molar refractivity (Wildman–Crippen MR) is 101 cm³/mol. The molecule has 140 valence electrons. The van der Waals surface area contributed by atoms with Gasteiger partial charge in [0.05, 0.1) is 15.5 Å². The molecule has 2 aromatic carbocycles. The molecule has 0 aromatic heterocycles. The number of sulfonamides is 2. The highest BCUT2D eigenvalue weighted by molar-refractivity contribution is 7.92. The van der Waals surface area contributed by atoms with Crippen LogP contribution in [0.3, 0.4) is 0 Å². The summed E-state index contributed by atoms with van der Waals surface area (Å²) in [7, 11) is -4.56. The van der Waals surface area contributed by atoms with Gasteiger partial charge in [-0.2, -0.15) is 0 Å². The van der Waals surface area contributed by atoms with E-state index in [1.807, 2.05) is 6.07 Å². The van der Waals surface area contributed by atoms with E-state index in [1.54, 1.807) is 12.1 Å². The fourth-order valence-corrected chi connectivity index (χ4v) is 5.07. The number of hydrogen-bond acceptors (Lipinski definition) is 4. The maximum absolute atomic E-state index is 12.7. The lowest BCUT2D eigenvalue weighted by Gasteiger charge is -2.17. The molecule has 0 atom stereocenters. The first kappa shape index (κ1) is 18.9. The zero-order chi connectivity index (χ0) is 18.9. The van der Waals surface area contributed by atoms with Crippen molar-refractivity contribution in [3.63, 3.8) is 0 Å². The van der Waals surface area contributed by atoms with Crippen LogP contribution in [0.2, 0.25) is 0 Å². The zero-order valence-corrected chi connectivity index (χ0v) is 16.4. The van der Waals surface area contributed by atoms with Gasteiger partial charge in [0.1, 0.15) is 0 Å². The molecule has 0 amide bonds. The molecule has 0 radical (unpaired) electrons. The molecule has 6 nitrogen and oxygen atoms in total. The van der Waals surface area contributed by atoms with Crippen LogP contribution < -0.4 is 4.72 Å². The molecule has 26 heavy (non-hydrogen) atoms. The van der Waals surface area contributed by atoms with Crippen molar-refractivity contribution in [3.05, 3.63) is 53.6 Å². The summed E-state index contributed by atoms with van der Waals surface area (Å²) >= 11 is 0. The first-order chi connectivity index (χ1) is 12.2. The lowest BCUT2D eigenvalue weighted by Crippen LogP contribution is -2.22. The highest BCUT2D eigenvalue weighted by atomic mass is 32.2. The highest BCUT2D eigenvalue weighted by Crippen LogP contribution is 2.26. The molecule has 0 unspecified atom stereocenters. The number of rotatable bonds is 5. The van der Waals surface area contributed by atoms with Gasteiger partial charge in [-0.1, -0.05) is 12.1 Å². The molecular formula is C18H22N2O4S2. The van der Waals surface area contributed by atoms with Crippen LogP contribution in [0, 0.1) is 0 Å². The smallest absolute Gasteiger partial charge is 0.261 e. The highest BCUT2D eigenvalue weighted by Gasteiger charge is 2.20. The van der Waals surface area contributed by atoms with E-state index in [4.69, 9.17) is 0 Å². The van der Waals surface area contributed by atoms with Gasteiger partial charge in [0, 0.05) is 14.1 Å². The van der Waals surface area contributed by atoms with E-state index in [0.29, 0.717) is 0 Å². The molecule has 0 fully saturated rings. The monoisotopic (exact) mass is 394 g/mol. The van der Waals surface area contributed by atoms with E-state index in [-0.39, 0.29) is 15.5 Å². The Morgan fingerprint density at radius 2 is 1.54 bits per heavy atom. The second-order valence-electron chi connectivity index (χ2n) is 6.56.